The van der Waals surface area contributed by atoms with Gasteiger partial charge in [0.25, 0.3) is 0 Å². The van der Waals surface area contributed by atoms with E-state index in [2.05, 4.69) is 36.3 Å². The molecular weight excluding hydrogens is 278 g/mol. The van der Waals surface area contributed by atoms with Crippen molar-refractivity contribution in [1.82, 2.24) is 0 Å². The van der Waals surface area contributed by atoms with Crippen molar-refractivity contribution in [2.45, 2.75) is 33.0 Å². The molecule has 1 N–H and O–H groups in total. The molecule has 102 valence electrons. The van der Waals surface area contributed by atoms with Crippen molar-refractivity contribution in [3.63, 3.8) is 0 Å². The third-order valence-corrected chi connectivity index (χ3v) is 4.15. The van der Waals surface area contributed by atoms with Gasteiger partial charge < -0.3 is 10.0 Å². The number of anilines is 1. The van der Waals surface area contributed by atoms with Crippen molar-refractivity contribution < 1.29 is 5.11 Å². The van der Waals surface area contributed by atoms with E-state index in [1.165, 1.54) is 4.88 Å². The summed E-state index contributed by atoms with van der Waals surface area (Å²) < 4.78 is 0. The average molecular weight is 296 g/mol. The first-order chi connectivity index (χ1) is 9.11. The molecule has 0 unspecified atom stereocenters. The minimum Gasteiger partial charge on any atom is -0.392 e. The Labute approximate surface area is 123 Å². The number of thiophene rings is 1. The molecule has 0 atom stereocenters. The lowest BCUT2D eigenvalue weighted by molar-refractivity contribution is 0.282. The zero-order valence-electron chi connectivity index (χ0n) is 11.1. The van der Waals surface area contributed by atoms with Crippen LogP contribution in [0.2, 0.25) is 5.02 Å². The fourth-order valence-electron chi connectivity index (χ4n) is 2.05. The molecule has 0 fully saturated rings. The molecule has 19 heavy (non-hydrogen) atoms. The standard InChI is InChI=1S/C15H18ClNOS/c1-11(2)17(9-14-4-3-7-19-14)15-8-13(16)6-5-12(15)10-18/h3-8,11,18H,9-10H2,1-2H3. The molecule has 0 amide bonds. The van der Waals surface area contributed by atoms with Crippen LogP contribution in [0.3, 0.4) is 0 Å². The molecule has 0 aliphatic heterocycles. The van der Waals surface area contributed by atoms with Gasteiger partial charge in [-0.2, -0.15) is 0 Å². The van der Waals surface area contributed by atoms with Crippen LogP contribution in [0.25, 0.3) is 0 Å². The second kappa shape index (κ2) is 6.42. The fourth-order valence-corrected chi connectivity index (χ4v) is 2.92. The molecule has 1 aromatic heterocycles. The average Bonchev–Trinajstić information content (AvgIpc) is 2.88. The number of hydrogen-bond acceptors (Lipinski definition) is 3. The van der Waals surface area contributed by atoms with E-state index >= 15 is 0 Å². The van der Waals surface area contributed by atoms with Gasteiger partial charge in [0.05, 0.1) is 13.2 Å². The van der Waals surface area contributed by atoms with E-state index in [0.717, 1.165) is 17.8 Å². The van der Waals surface area contributed by atoms with Gasteiger partial charge in [0, 0.05) is 27.2 Å². The molecule has 0 aliphatic rings. The van der Waals surface area contributed by atoms with E-state index in [-0.39, 0.29) is 6.61 Å². The zero-order valence-corrected chi connectivity index (χ0v) is 12.7. The number of nitrogens with zero attached hydrogens (tertiary/aromatic N) is 1. The third kappa shape index (κ3) is 3.50. The molecule has 0 aliphatic carbocycles. The maximum atomic E-state index is 9.50. The molecule has 0 spiro atoms. The molecule has 0 saturated heterocycles. The summed E-state index contributed by atoms with van der Waals surface area (Å²) in [6, 6.07) is 10.2. The number of halogens is 1. The predicted octanol–water partition coefficient (Wildman–Crippen LogP) is 4.31. The van der Waals surface area contributed by atoms with Gasteiger partial charge in [-0.05, 0) is 37.4 Å². The molecule has 2 aromatic rings. The van der Waals surface area contributed by atoms with E-state index in [1.807, 2.05) is 18.2 Å². The van der Waals surface area contributed by atoms with Crippen molar-refractivity contribution in [1.29, 1.82) is 0 Å². The molecule has 0 radical (unpaired) electrons. The van der Waals surface area contributed by atoms with Gasteiger partial charge in [-0.1, -0.05) is 23.7 Å². The number of rotatable bonds is 5. The zero-order chi connectivity index (χ0) is 13.8. The maximum absolute atomic E-state index is 9.50. The summed E-state index contributed by atoms with van der Waals surface area (Å²) in [4.78, 5) is 3.57. The highest BCUT2D eigenvalue weighted by Gasteiger charge is 2.15. The predicted molar refractivity (Wildman–Crippen MR) is 83.0 cm³/mol. The number of hydrogen-bond donors (Lipinski definition) is 1. The van der Waals surface area contributed by atoms with Gasteiger partial charge in [0.1, 0.15) is 0 Å². The van der Waals surface area contributed by atoms with Gasteiger partial charge >= 0.3 is 0 Å². The van der Waals surface area contributed by atoms with E-state index in [4.69, 9.17) is 11.6 Å². The second-order valence-corrected chi connectivity index (χ2v) is 6.20. The Morgan fingerprint density at radius 1 is 1.32 bits per heavy atom. The molecule has 2 rings (SSSR count). The van der Waals surface area contributed by atoms with Gasteiger partial charge in [0.2, 0.25) is 0 Å². The lowest BCUT2D eigenvalue weighted by Crippen LogP contribution is -2.30. The van der Waals surface area contributed by atoms with E-state index in [0.29, 0.717) is 11.1 Å². The third-order valence-electron chi connectivity index (χ3n) is 3.06. The van der Waals surface area contributed by atoms with Crippen LogP contribution < -0.4 is 4.90 Å². The first kappa shape index (κ1) is 14.4. The van der Waals surface area contributed by atoms with Crippen molar-refractivity contribution in [3.05, 3.63) is 51.2 Å². The van der Waals surface area contributed by atoms with Crippen LogP contribution in [0.5, 0.6) is 0 Å². The maximum Gasteiger partial charge on any atom is 0.0702 e. The number of benzene rings is 1. The lowest BCUT2D eigenvalue weighted by Gasteiger charge is -2.30. The van der Waals surface area contributed by atoms with Crippen LogP contribution in [0.4, 0.5) is 5.69 Å². The molecule has 1 heterocycles. The second-order valence-electron chi connectivity index (χ2n) is 4.73. The first-order valence-corrected chi connectivity index (χ1v) is 7.56. The van der Waals surface area contributed by atoms with Crippen LogP contribution in [-0.4, -0.2) is 11.1 Å². The van der Waals surface area contributed by atoms with E-state index in [1.54, 1.807) is 11.3 Å². The van der Waals surface area contributed by atoms with Crippen LogP contribution in [0.1, 0.15) is 24.3 Å². The molecule has 2 nitrogen and oxygen atoms in total. The quantitative estimate of drug-likeness (QED) is 0.888. The summed E-state index contributed by atoms with van der Waals surface area (Å²) >= 11 is 7.84. The summed E-state index contributed by atoms with van der Waals surface area (Å²) in [5.41, 5.74) is 1.92. The van der Waals surface area contributed by atoms with Gasteiger partial charge in [0.15, 0.2) is 0 Å². The summed E-state index contributed by atoms with van der Waals surface area (Å²) in [6.07, 6.45) is 0. The van der Waals surface area contributed by atoms with Crippen molar-refractivity contribution >= 4 is 28.6 Å². The largest absolute Gasteiger partial charge is 0.392 e. The van der Waals surface area contributed by atoms with Crippen LogP contribution >= 0.6 is 22.9 Å². The minimum absolute atomic E-state index is 0.0279. The highest BCUT2D eigenvalue weighted by molar-refractivity contribution is 7.09. The SMILES string of the molecule is CC(C)N(Cc1cccs1)c1cc(Cl)ccc1CO. The van der Waals surface area contributed by atoms with Crippen molar-refractivity contribution in [2.24, 2.45) is 0 Å². The summed E-state index contributed by atoms with van der Waals surface area (Å²) in [7, 11) is 0. The molecule has 0 bridgehead atoms. The monoisotopic (exact) mass is 295 g/mol. The molecular formula is C15H18ClNOS. The molecule has 1 aromatic carbocycles. The first-order valence-electron chi connectivity index (χ1n) is 6.30. The highest BCUT2D eigenvalue weighted by Crippen LogP contribution is 2.29. The smallest absolute Gasteiger partial charge is 0.0702 e. The van der Waals surface area contributed by atoms with Crippen molar-refractivity contribution in [3.8, 4) is 0 Å². The van der Waals surface area contributed by atoms with Crippen LogP contribution in [-0.2, 0) is 13.2 Å². The fraction of sp³-hybridized carbons (Fsp3) is 0.333. The molecule has 4 heteroatoms. The summed E-state index contributed by atoms with van der Waals surface area (Å²) in [5.74, 6) is 0. The van der Waals surface area contributed by atoms with E-state index < -0.39 is 0 Å². The normalized spacial score (nSPS) is 11.0. The summed E-state index contributed by atoms with van der Waals surface area (Å²) in [5, 5.41) is 12.3. The Balaban J connectivity index is 2.35. The van der Waals surface area contributed by atoms with Gasteiger partial charge in [-0.3, -0.25) is 0 Å². The van der Waals surface area contributed by atoms with Crippen LogP contribution in [0.15, 0.2) is 35.7 Å². The molecule has 0 saturated carbocycles. The number of aliphatic hydroxyl groups excluding tert-OH is 1. The highest BCUT2D eigenvalue weighted by atomic mass is 35.5. The number of aliphatic hydroxyl groups is 1. The van der Waals surface area contributed by atoms with Gasteiger partial charge in [-0.15, -0.1) is 11.3 Å². The Hall–Kier alpha value is -1.03. The lowest BCUT2D eigenvalue weighted by atomic mass is 10.1. The Bertz CT molecular complexity index is 525. The Morgan fingerprint density at radius 2 is 2.11 bits per heavy atom. The van der Waals surface area contributed by atoms with Crippen molar-refractivity contribution in [2.75, 3.05) is 4.90 Å². The Kier molecular flexibility index (Phi) is 4.86. The Morgan fingerprint density at radius 3 is 2.68 bits per heavy atom. The minimum atomic E-state index is 0.0279. The van der Waals surface area contributed by atoms with Gasteiger partial charge in [-0.25, -0.2) is 0 Å². The van der Waals surface area contributed by atoms with Crippen LogP contribution in [0, 0.1) is 0 Å². The van der Waals surface area contributed by atoms with E-state index in [9.17, 15) is 5.11 Å². The summed E-state index contributed by atoms with van der Waals surface area (Å²) in [6.45, 7) is 5.16. The topological polar surface area (TPSA) is 23.5 Å².